The molecule has 0 saturated heterocycles. The Morgan fingerprint density at radius 2 is 1.50 bits per heavy atom. The van der Waals surface area contributed by atoms with Crippen LogP contribution in [0.3, 0.4) is 0 Å². The van der Waals surface area contributed by atoms with E-state index < -0.39 is 24.5 Å². The molecule has 0 aliphatic carbocycles. The average Bonchev–Trinajstić information content (AvgIpc) is 2.50. The quantitative estimate of drug-likeness (QED) is 0.440. The summed E-state index contributed by atoms with van der Waals surface area (Å²) in [7, 11) is 0. The van der Waals surface area contributed by atoms with Gasteiger partial charge < -0.3 is 15.6 Å². The van der Waals surface area contributed by atoms with Crippen molar-refractivity contribution in [2.75, 3.05) is 11.1 Å². The summed E-state index contributed by atoms with van der Waals surface area (Å²) in [4.78, 5) is 32.8. The van der Waals surface area contributed by atoms with Gasteiger partial charge in [0.05, 0.1) is 0 Å². The highest BCUT2D eigenvalue weighted by molar-refractivity contribution is 5.98. The number of benzene rings is 2. The van der Waals surface area contributed by atoms with Gasteiger partial charge in [0.2, 0.25) is 0 Å². The Bertz CT molecular complexity index is 739. The number of amides is 1. The van der Waals surface area contributed by atoms with Crippen LogP contribution in [-0.4, -0.2) is 23.1 Å². The van der Waals surface area contributed by atoms with Crippen LogP contribution in [0, 0.1) is 0 Å². The molecule has 4 N–H and O–H groups in total. The van der Waals surface area contributed by atoms with Crippen LogP contribution >= 0.6 is 0 Å². The summed E-state index contributed by atoms with van der Waals surface area (Å²) >= 11 is 0. The fourth-order valence-electron chi connectivity index (χ4n) is 1.98. The van der Waals surface area contributed by atoms with Crippen LogP contribution in [0.15, 0.2) is 48.5 Å². The second kappa shape index (κ2) is 7.77. The molecule has 0 aliphatic heterocycles. The summed E-state index contributed by atoms with van der Waals surface area (Å²) < 4.78 is 4.32. The van der Waals surface area contributed by atoms with Crippen molar-refractivity contribution in [2.24, 2.45) is 0 Å². The number of carboxylic acids is 1. The van der Waals surface area contributed by atoms with Gasteiger partial charge in [0.15, 0.2) is 0 Å². The standard InChI is InChI=1S/C17H16N2O5/c18-13-5-1-11(2-6-13)9-12-3-7-14(8-4-12)19-17(23)24-16(22)10-15(20)21/h1-8H,9-10,18H2,(H,19,23)(H,20,21). The van der Waals surface area contributed by atoms with E-state index in [1.165, 1.54) is 0 Å². The van der Waals surface area contributed by atoms with Crippen molar-refractivity contribution in [3.8, 4) is 0 Å². The molecule has 0 radical (unpaired) electrons. The monoisotopic (exact) mass is 328 g/mol. The molecule has 0 saturated carbocycles. The summed E-state index contributed by atoms with van der Waals surface area (Å²) in [5.41, 5.74) is 8.91. The molecule has 2 aromatic carbocycles. The Morgan fingerprint density at radius 1 is 0.958 bits per heavy atom. The van der Waals surface area contributed by atoms with E-state index in [4.69, 9.17) is 10.8 Å². The number of carbonyl (C=O) groups is 3. The van der Waals surface area contributed by atoms with Crippen molar-refractivity contribution in [3.05, 3.63) is 59.7 Å². The van der Waals surface area contributed by atoms with Gasteiger partial charge in [0, 0.05) is 11.4 Å². The molecular weight excluding hydrogens is 312 g/mol. The molecule has 0 fully saturated rings. The third kappa shape index (κ3) is 5.45. The molecule has 0 aromatic heterocycles. The predicted molar refractivity (Wildman–Crippen MR) is 87.5 cm³/mol. The van der Waals surface area contributed by atoms with Crippen molar-refractivity contribution in [3.63, 3.8) is 0 Å². The molecule has 124 valence electrons. The molecule has 0 unspecified atom stereocenters. The van der Waals surface area contributed by atoms with Crippen molar-refractivity contribution < 1.29 is 24.2 Å². The molecule has 7 heteroatoms. The highest BCUT2D eigenvalue weighted by Crippen LogP contribution is 2.15. The van der Waals surface area contributed by atoms with Crippen LogP contribution in [0.25, 0.3) is 0 Å². The molecule has 0 aliphatic rings. The Hall–Kier alpha value is -3.35. The van der Waals surface area contributed by atoms with Gasteiger partial charge in [0.25, 0.3) is 0 Å². The minimum atomic E-state index is -1.36. The molecule has 0 bridgehead atoms. The number of rotatable bonds is 5. The van der Waals surface area contributed by atoms with Gasteiger partial charge in [-0.1, -0.05) is 24.3 Å². The van der Waals surface area contributed by atoms with E-state index in [0.717, 1.165) is 11.1 Å². The van der Waals surface area contributed by atoms with Gasteiger partial charge in [-0.15, -0.1) is 0 Å². The van der Waals surface area contributed by atoms with E-state index >= 15 is 0 Å². The fourth-order valence-corrected chi connectivity index (χ4v) is 1.98. The highest BCUT2D eigenvalue weighted by atomic mass is 16.6. The number of nitrogens with two attached hydrogens (primary N) is 1. The number of carboxylic acid groups (broad SMARTS) is 1. The minimum Gasteiger partial charge on any atom is -0.481 e. The highest BCUT2D eigenvalue weighted by Gasteiger charge is 2.14. The van der Waals surface area contributed by atoms with Crippen molar-refractivity contribution in [1.29, 1.82) is 0 Å². The van der Waals surface area contributed by atoms with E-state index in [1.54, 1.807) is 12.1 Å². The first-order valence-electron chi connectivity index (χ1n) is 7.09. The second-order valence-electron chi connectivity index (χ2n) is 5.07. The largest absolute Gasteiger partial charge is 0.481 e. The molecule has 0 heterocycles. The summed E-state index contributed by atoms with van der Waals surface area (Å²) in [5, 5.41) is 10.8. The van der Waals surface area contributed by atoms with E-state index in [1.807, 2.05) is 36.4 Å². The lowest BCUT2D eigenvalue weighted by atomic mass is 10.0. The minimum absolute atomic E-state index is 0.434. The zero-order valence-corrected chi connectivity index (χ0v) is 12.7. The van der Waals surface area contributed by atoms with Crippen molar-refractivity contribution >= 4 is 29.4 Å². The molecule has 1 amide bonds. The number of nitrogen functional groups attached to an aromatic ring is 1. The number of aliphatic carboxylic acids is 1. The van der Waals surface area contributed by atoms with Crippen molar-refractivity contribution in [1.82, 2.24) is 0 Å². The van der Waals surface area contributed by atoms with Gasteiger partial charge in [-0.2, -0.15) is 0 Å². The smallest absolute Gasteiger partial charge is 0.419 e. The molecule has 7 nitrogen and oxygen atoms in total. The maximum atomic E-state index is 11.5. The molecule has 0 atom stereocenters. The number of hydrogen-bond donors (Lipinski definition) is 3. The predicted octanol–water partition coefficient (Wildman–Crippen LogP) is 2.41. The number of nitrogens with one attached hydrogen (secondary N) is 1. The van der Waals surface area contributed by atoms with Crippen molar-refractivity contribution in [2.45, 2.75) is 12.8 Å². The second-order valence-corrected chi connectivity index (χ2v) is 5.07. The third-order valence-electron chi connectivity index (χ3n) is 3.09. The summed E-state index contributed by atoms with van der Waals surface area (Å²) in [6, 6.07) is 14.5. The third-order valence-corrected chi connectivity index (χ3v) is 3.09. The lowest BCUT2D eigenvalue weighted by Gasteiger charge is -2.07. The van der Waals surface area contributed by atoms with E-state index in [2.05, 4.69) is 10.1 Å². The van der Waals surface area contributed by atoms with Crippen LogP contribution in [0.4, 0.5) is 16.2 Å². The number of esters is 1. The van der Waals surface area contributed by atoms with Crippen LogP contribution in [0.2, 0.25) is 0 Å². The number of ether oxygens (including phenoxy) is 1. The normalized spacial score (nSPS) is 10.0. The number of carbonyl (C=O) groups excluding carboxylic acids is 2. The SMILES string of the molecule is Nc1ccc(Cc2ccc(NC(=O)OC(=O)CC(=O)O)cc2)cc1. The van der Waals surface area contributed by atoms with Gasteiger partial charge in [-0.3, -0.25) is 14.9 Å². The van der Waals surface area contributed by atoms with Crippen LogP contribution in [0.5, 0.6) is 0 Å². The first kappa shape index (κ1) is 17.0. The van der Waals surface area contributed by atoms with Crippen LogP contribution < -0.4 is 11.1 Å². The summed E-state index contributed by atoms with van der Waals surface area (Å²) in [6.45, 7) is 0. The van der Waals surface area contributed by atoms with E-state index in [-0.39, 0.29) is 0 Å². The molecule has 0 spiro atoms. The Labute approximate surface area is 138 Å². The first-order chi connectivity index (χ1) is 11.4. The summed E-state index contributed by atoms with van der Waals surface area (Å²) in [6.07, 6.45) is -1.18. The lowest BCUT2D eigenvalue weighted by Crippen LogP contribution is -2.20. The van der Waals surface area contributed by atoms with Gasteiger partial charge in [-0.05, 0) is 41.8 Å². The summed E-state index contributed by atoms with van der Waals surface area (Å²) in [5.74, 6) is -2.49. The Morgan fingerprint density at radius 3 is 2.04 bits per heavy atom. The van der Waals surface area contributed by atoms with Crippen LogP contribution in [-0.2, 0) is 20.7 Å². The average molecular weight is 328 g/mol. The van der Waals surface area contributed by atoms with Gasteiger partial charge in [0.1, 0.15) is 6.42 Å². The fraction of sp³-hybridized carbons (Fsp3) is 0.118. The zero-order valence-electron chi connectivity index (χ0n) is 12.7. The Balaban J connectivity index is 1.89. The molecule has 24 heavy (non-hydrogen) atoms. The maximum Gasteiger partial charge on any atom is 0.419 e. The molecular formula is C17H16N2O5. The molecule has 2 rings (SSSR count). The number of hydrogen-bond acceptors (Lipinski definition) is 5. The maximum absolute atomic E-state index is 11.5. The molecule has 2 aromatic rings. The van der Waals surface area contributed by atoms with Crippen LogP contribution in [0.1, 0.15) is 17.5 Å². The topological polar surface area (TPSA) is 119 Å². The van der Waals surface area contributed by atoms with E-state index in [0.29, 0.717) is 17.8 Å². The number of anilines is 2. The Kier molecular flexibility index (Phi) is 5.51. The zero-order chi connectivity index (χ0) is 17.5. The first-order valence-corrected chi connectivity index (χ1v) is 7.09. The van der Waals surface area contributed by atoms with Gasteiger partial charge >= 0.3 is 18.0 Å². The van der Waals surface area contributed by atoms with Gasteiger partial charge in [-0.25, -0.2) is 4.79 Å². The lowest BCUT2D eigenvalue weighted by molar-refractivity contribution is -0.146. The van der Waals surface area contributed by atoms with E-state index in [9.17, 15) is 14.4 Å².